The third kappa shape index (κ3) is 2.75. The molecule has 1 unspecified atom stereocenters. The Labute approximate surface area is 131 Å². The summed E-state index contributed by atoms with van der Waals surface area (Å²) in [6.07, 6.45) is 2.45. The molecule has 20 heavy (non-hydrogen) atoms. The highest BCUT2D eigenvalue weighted by molar-refractivity contribution is 7.99. The molecule has 0 amide bonds. The predicted molar refractivity (Wildman–Crippen MR) is 86.7 cm³/mol. The average molecular weight is 317 g/mol. The van der Waals surface area contributed by atoms with Gasteiger partial charge in [0.25, 0.3) is 0 Å². The molecular formula is C15H25ClN2OS. The predicted octanol–water partition coefficient (Wildman–Crippen LogP) is 3.56. The summed E-state index contributed by atoms with van der Waals surface area (Å²) in [5, 5.41) is 16.5. The van der Waals surface area contributed by atoms with Gasteiger partial charge in [0.15, 0.2) is 0 Å². The van der Waals surface area contributed by atoms with Crippen molar-refractivity contribution in [3.63, 3.8) is 0 Å². The van der Waals surface area contributed by atoms with Gasteiger partial charge in [0.05, 0.1) is 22.0 Å². The van der Waals surface area contributed by atoms with Gasteiger partial charge in [-0.25, -0.2) is 0 Å². The molecule has 2 heterocycles. The van der Waals surface area contributed by atoms with Crippen LogP contribution >= 0.6 is 23.4 Å². The van der Waals surface area contributed by atoms with Crippen LogP contribution in [0.2, 0.25) is 5.02 Å². The quantitative estimate of drug-likeness (QED) is 0.923. The monoisotopic (exact) mass is 316 g/mol. The second kappa shape index (κ2) is 5.90. The normalized spacial score (nSPS) is 25.9. The van der Waals surface area contributed by atoms with Crippen molar-refractivity contribution in [2.75, 3.05) is 11.5 Å². The first kappa shape index (κ1) is 16.2. The average Bonchev–Trinajstić information content (AvgIpc) is 2.70. The molecule has 1 fully saturated rings. The van der Waals surface area contributed by atoms with Crippen LogP contribution in [0.4, 0.5) is 0 Å². The van der Waals surface area contributed by atoms with Gasteiger partial charge in [-0.1, -0.05) is 32.4 Å². The van der Waals surface area contributed by atoms with E-state index in [0.717, 1.165) is 47.3 Å². The molecule has 1 aliphatic heterocycles. The number of halogens is 1. The first-order chi connectivity index (χ1) is 9.34. The number of rotatable bonds is 4. The Hall–Kier alpha value is -0.190. The van der Waals surface area contributed by atoms with E-state index in [1.807, 2.05) is 16.4 Å². The number of thioether (sulfide) groups is 1. The number of hydrogen-bond donors (Lipinski definition) is 1. The Morgan fingerprint density at radius 1 is 1.40 bits per heavy atom. The fourth-order valence-electron chi connectivity index (χ4n) is 2.75. The summed E-state index contributed by atoms with van der Waals surface area (Å²) in [5.41, 5.74) is 1.13. The Kier molecular flexibility index (Phi) is 4.77. The van der Waals surface area contributed by atoms with Gasteiger partial charge in [-0.15, -0.1) is 0 Å². The lowest BCUT2D eigenvalue weighted by Crippen LogP contribution is -2.51. The van der Waals surface area contributed by atoms with E-state index in [9.17, 15) is 5.11 Å². The fraction of sp³-hybridized carbons (Fsp3) is 0.800. The standard InChI is InChI=1S/C15H25ClN2OS/c1-5-11-13(16)12(18(6-2)17-11)9-15(19)10-20-8-7-14(15,3)4/h19H,5-10H2,1-4H3. The van der Waals surface area contributed by atoms with Crippen LogP contribution in [0.1, 0.15) is 45.5 Å². The molecule has 1 aromatic heterocycles. The van der Waals surface area contributed by atoms with Gasteiger partial charge in [0.1, 0.15) is 0 Å². The molecule has 0 radical (unpaired) electrons. The van der Waals surface area contributed by atoms with Crippen LogP contribution < -0.4 is 0 Å². The highest BCUT2D eigenvalue weighted by Gasteiger charge is 2.46. The minimum atomic E-state index is -0.711. The van der Waals surface area contributed by atoms with E-state index in [0.29, 0.717) is 6.42 Å². The Bertz CT molecular complexity index is 486. The van der Waals surface area contributed by atoms with Crippen molar-refractivity contribution >= 4 is 23.4 Å². The van der Waals surface area contributed by atoms with Gasteiger partial charge in [-0.2, -0.15) is 16.9 Å². The second-order valence-electron chi connectivity index (χ2n) is 6.27. The maximum Gasteiger partial charge on any atom is 0.0851 e. The smallest absolute Gasteiger partial charge is 0.0851 e. The van der Waals surface area contributed by atoms with Crippen LogP contribution in [0, 0.1) is 5.41 Å². The van der Waals surface area contributed by atoms with Gasteiger partial charge in [0.2, 0.25) is 0 Å². The van der Waals surface area contributed by atoms with E-state index in [1.54, 1.807) is 0 Å². The summed E-state index contributed by atoms with van der Waals surface area (Å²) in [6, 6.07) is 0. The van der Waals surface area contributed by atoms with Gasteiger partial charge >= 0.3 is 0 Å². The zero-order valence-corrected chi connectivity index (χ0v) is 14.4. The number of aromatic nitrogens is 2. The fourth-order valence-corrected chi connectivity index (χ4v) is 4.72. The topological polar surface area (TPSA) is 38.0 Å². The van der Waals surface area contributed by atoms with Crippen LogP contribution in [-0.4, -0.2) is 32.0 Å². The molecule has 1 N–H and O–H groups in total. The SMILES string of the molecule is CCc1nn(CC)c(CC2(O)CSCCC2(C)C)c1Cl. The lowest BCUT2D eigenvalue weighted by molar-refractivity contribution is -0.0526. The molecule has 0 aliphatic carbocycles. The van der Waals surface area contributed by atoms with E-state index in [4.69, 9.17) is 11.6 Å². The van der Waals surface area contributed by atoms with Crippen LogP contribution in [0.5, 0.6) is 0 Å². The van der Waals surface area contributed by atoms with Crippen LogP contribution in [0.25, 0.3) is 0 Å². The van der Waals surface area contributed by atoms with Crippen molar-refractivity contribution in [2.45, 2.75) is 59.1 Å². The highest BCUT2D eigenvalue weighted by atomic mass is 35.5. The number of aryl methyl sites for hydroxylation is 2. The zero-order chi connectivity index (χ0) is 15.0. The van der Waals surface area contributed by atoms with Gasteiger partial charge < -0.3 is 5.11 Å². The second-order valence-corrected chi connectivity index (χ2v) is 7.75. The summed E-state index contributed by atoms with van der Waals surface area (Å²) in [5.74, 6) is 1.89. The molecule has 114 valence electrons. The van der Waals surface area contributed by atoms with Crippen LogP contribution in [-0.2, 0) is 19.4 Å². The summed E-state index contributed by atoms with van der Waals surface area (Å²) in [7, 11) is 0. The molecule has 0 bridgehead atoms. The van der Waals surface area contributed by atoms with E-state index >= 15 is 0 Å². The first-order valence-corrected chi connectivity index (χ1v) is 8.92. The van der Waals surface area contributed by atoms with Crippen molar-refractivity contribution in [3.8, 4) is 0 Å². The number of aliphatic hydroxyl groups is 1. The van der Waals surface area contributed by atoms with E-state index in [1.165, 1.54) is 0 Å². The lowest BCUT2D eigenvalue weighted by atomic mass is 9.71. The van der Waals surface area contributed by atoms with Crippen molar-refractivity contribution in [3.05, 3.63) is 16.4 Å². The molecule has 5 heteroatoms. The van der Waals surface area contributed by atoms with Gasteiger partial charge in [0, 0.05) is 18.7 Å². The minimum Gasteiger partial charge on any atom is -0.388 e. The van der Waals surface area contributed by atoms with Gasteiger partial charge in [-0.3, -0.25) is 4.68 Å². The third-order valence-electron chi connectivity index (χ3n) is 4.63. The molecule has 2 rings (SSSR count). The number of nitrogens with zero attached hydrogens (tertiary/aromatic N) is 2. The van der Waals surface area contributed by atoms with E-state index < -0.39 is 5.60 Å². The van der Waals surface area contributed by atoms with E-state index in [2.05, 4.69) is 32.8 Å². The highest BCUT2D eigenvalue weighted by Crippen LogP contribution is 2.44. The maximum absolute atomic E-state index is 11.2. The first-order valence-electron chi connectivity index (χ1n) is 7.39. The summed E-state index contributed by atoms with van der Waals surface area (Å²) in [4.78, 5) is 0. The van der Waals surface area contributed by atoms with Crippen molar-refractivity contribution in [1.82, 2.24) is 9.78 Å². The summed E-state index contributed by atoms with van der Waals surface area (Å²) >= 11 is 8.31. The van der Waals surface area contributed by atoms with Gasteiger partial charge in [-0.05, 0) is 30.9 Å². The van der Waals surface area contributed by atoms with Crippen molar-refractivity contribution in [2.24, 2.45) is 5.41 Å². The van der Waals surface area contributed by atoms with Crippen LogP contribution in [0.15, 0.2) is 0 Å². The molecule has 0 spiro atoms. The molecule has 1 aliphatic rings. The van der Waals surface area contributed by atoms with E-state index in [-0.39, 0.29) is 5.41 Å². The Morgan fingerprint density at radius 3 is 2.65 bits per heavy atom. The van der Waals surface area contributed by atoms with Crippen LogP contribution in [0.3, 0.4) is 0 Å². The van der Waals surface area contributed by atoms with Crippen molar-refractivity contribution in [1.29, 1.82) is 0 Å². The molecule has 1 atom stereocenters. The maximum atomic E-state index is 11.2. The molecule has 0 aromatic carbocycles. The molecule has 1 aromatic rings. The van der Waals surface area contributed by atoms with Crippen molar-refractivity contribution < 1.29 is 5.11 Å². The Balaban J connectivity index is 2.35. The Morgan fingerprint density at radius 2 is 2.10 bits per heavy atom. The lowest BCUT2D eigenvalue weighted by Gasteiger charge is -2.46. The third-order valence-corrected chi connectivity index (χ3v) is 6.24. The largest absolute Gasteiger partial charge is 0.388 e. The molecule has 1 saturated heterocycles. The minimum absolute atomic E-state index is 0.0865. The molecule has 0 saturated carbocycles. The molecule has 3 nitrogen and oxygen atoms in total. The zero-order valence-electron chi connectivity index (χ0n) is 12.9. The molecular weight excluding hydrogens is 292 g/mol. The number of hydrogen-bond acceptors (Lipinski definition) is 3. The summed E-state index contributed by atoms with van der Waals surface area (Å²) in [6.45, 7) is 9.24. The summed E-state index contributed by atoms with van der Waals surface area (Å²) < 4.78 is 1.95.